The molecule has 0 nitrogen and oxygen atoms in total. The molecule has 2 aromatic rings. The SMILES string of the molecule is CP(C[Si](C)(C)CP(C)c1ccccc1C(F)(F)F)c1ccccc1C(F)(F)F. The van der Waals surface area contributed by atoms with Gasteiger partial charge in [-0.25, -0.2) is 0 Å². The Morgan fingerprint density at radius 2 is 0.966 bits per heavy atom. The van der Waals surface area contributed by atoms with Crippen LogP contribution in [0.2, 0.25) is 13.1 Å². The summed E-state index contributed by atoms with van der Waals surface area (Å²) >= 11 is 0. The predicted octanol–water partition coefficient (Wildman–Crippen LogP) is 6.69. The number of rotatable bonds is 6. The van der Waals surface area contributed by atoms with Crippen molar-refractivity contribution in [2.24, 2.45) is 0 Å². The normalized spacial score (nSPS) is 15.2. The van der Waals surface area contributed by atoms with Gasteiger partial charge in [0, 0.05) is 0 Å². The number of alkyl halides is 6. The minimum absolute atomic E-state index is 0.326. The van der Waals surface area contributed by atoms with E-state index in [1.807, 2.05) is 13.3 Å². The molecule has 29 heavy (non-hydrogen) atoms. The van der Waals surface area contributed by atoms with E-state index in [9.17, 15) is 26.3 Å². The van der Waals surface area contributed by atoms with Crippen molar-refractivity contribution < 1.29 is 26.3 Å². The molecule has 9 heteroatoms. The molecule has 2 rings (SSSR count). The Hall–Kier alpha value is -0.903. The van der Waals surface area contributed by atoms with Crippen molar-refractivity contribution >= 4 is 34.5 Å². The second-order valence-electron chi connectivity index (χ2n) is 7.91. The van der Waals surface area contributed by atoms with Gasteiger partial charge in [-0.15, -0.1) is 0 Å². The van der Waals surface area contributed by atoms with E-state index in [-0.39, 0.29) is 0 Å². The maximum absolute atomic E-state index is 13.3. The van der Waals surface area contributed by atoms with Crippen molar-refractivity contribution in [1.29, 1.82) is 0 Å². The fourth-order valence-electron chi connectivity index (χ4n) is 3.60. The Morgan fingerprint density at radius 3 is 1.28 bits per heavy atom. The average molecular weight is 468 g/mol. The summed E-state index contributed by atoms with van der Waals surface area (Å²) in [6, 6.07) is 11.3. The van der Waals surface area contributed by atoms with Crippen LogP contribution in [0, 0.1) is 0 Å². The van der Waals surface area contributed by atoms with Crippen LogP contribution >= 0.6 is 15.8 Å². The summed E-state index contributed by atoms with van der Waals surface area (Å²) in [5, 5.41) is 0.651. The second-order valence-corrected chi connectivity index (χ2v) is 18.5. The van der Waals surface area contributed by atoms with Crippen molar-refractivity contribution in [3.8, 4) is 0 Å². The molecular weight excluding hydrogens is 444 g/mol. The van der Waals surface area contributed by atoms with Gasteiger partial charge in [-0.1, -0.05) is 65.3 Å². The summed E-state index contributed by atoms with van der Waals surface area (Å²) in [6.45, 7) is 7.82. The molecule has 0 aromatic heterocycles. The Balaban J connectivity index is 2.21. The van der Waals surface area contributed by atoms with E-state index in [4.69, 9.17) is 0 Å². The molecule has 160 valence electrons. The summed E-state index contributed by atoms with van der Waals surface area (Å²) in [6.07, 6.45) is -8.80. The highest BCUT2D eigenvalue weighted by Gasteiger charge is 2.37. The molecule has 0 bridgehead atoms. The van der Waals surface area contributed by atoms with Crippen molar-refractivity contribution in [3.05, 3.63) is 59.7 Å². The van der Waals surface area contributed by atoms with Gasteiger partial charge >= 0.3 is 12.4 Å². The highest BCUT2D eigenvalue weighted by Crippen LogP contribution is 2.44. The Kier molecular flexibility index (Phi) is 7.62. The maximum Gasteiger partial charge on any atom is 0.417 e. The molecule has 0 saturated heterocycles. The lowest BCUT2D eigenvalue weighted by Crippen LogP contribution is -2.38. The van der Waals surface area contributed by atoms with Gasteiger partial charge in [-0.2, -0.15) is 26.3 Å². The average Bonchev–Trinajstić information content (AvgIpc) is 2.59. The molecule has 0 aliphatic rings. The monoisotopic (exact) mass is 468 g/mol. The van der Waals surface area contributed by atoms with Gasteiger partial charge in [0.05, 0.1) is 19.2 Å². The fourth-order valence-corrected chi connectivity index (χ4v) is 18.4. The van der Waals surface area contributed by atoms with Gasteiger partial charge in [0.2, 0.25) is 0 Å². The third-order valence-corrected chi connectivity index (χ3v) is 17.6. The van der Waals surface area contributed by atoms with E-state index in [1.165, 1.54) is 24.3 Å². The molecule has 0 radical (unpaired) electrons. The standard InChI is InChI=1S/C20H24F6P2Si/c1-27(17-11-7-5-9-15(17)19(21,22)23)13-29(3,4)14-28(2)18-12-8-6-10-16(18)20(24,25)26/h5-12H,13-14H2,1-4H3. The number of halogens is 6. The maximum atomic E-state index is 13.3. The molecule has 0 amide bonds. The number of hydrogen-bond acceptors (Lipinski definition) is 0. The van der Waals surface area contributed by atoms with Crippen LogP contribution in [0.3, 0.4) is 0 Å². The van der Waals surface area contributed by atoms with E-state index >= 15 is 0 Å². The molecule has 2 unspecified atom stereocenters. The molecule has 0 aliphatic heterocycles. The van der Waals surface area contributed by atoms with Crippen LogP contribution in [0.1, 0.15) is 11.1 Å². The Bertz CT molecular complexity index is 765. The first-order valence-corrected chi connectivity index (χ1v) is 16.3. The first kappa shape index (κ1) is 24.4. The second kappa shape index (κ2) is 9.07. The van der Waals surface area contributed by atoms with E-state index < -0.39 is 47.4 Å². The summed E-state index contributed by atoms with van der Waals surface area (Å²) < 4.78 is 80.1. The van der Waals surface area contributed by atoms with Gasteiger partial charge in [0.1, 0.15) is 0 Å². The molecule has 0 fully saturated rings. The molecule has 0 heterocycles. The first-order valence-electron chi connectivity index (χ1n) is 8.97. The molecule has 2 aromatic carbocycles. The van der Waals surface area contributed by atoms with E-state index in [0.717, 1.165) is 12.1 Å². The third kappa shape index (κ3) is 6.54. The minimum atomic E-state index is -4.40. The minimum Gasteiger partial charge on any atom is -0.166 e. The molecule has 0 saturated carbocycles. The van der Waals surface area contributed by atoms with E-state index in [1.54, 1.807) is 12.1 Å². The van der Waals surface area contributed by atoms with Crippen molar-refractivity contribution in [3.63, 3.8) is 0 Å². The summed E-state index contributed by atoms with van der Waals surface area (Å²) in [5.41, 5.74) is -1.20. The van der Waals surface area contributed by atoms with Crippen LogP contribution in [-0.2, 0) is 12.4 Å². The largest absolute Gasteiger partial charge is 0.417 e. The third-order valence-electron chi connectivity index (χ3n) is 4.57. The Labute approximate surface area is 171 Å². The van der Waals surface area contributed by atoms with E-state index in [2.05, 4.69) is 13.1 Å². The summed E-state index contributed by atoms with van der Waals surface area (Å²) in [7, 11) is -4.13. The zero-order valence-corrected chi connectivity index (χ0v) is 19.5. The van der Waals surface area contributed by atoms with Crippen molar-refractivity contribution in [2.75, 3.05) is 24.9 Å². The zero-order chi connectivity index (χ0) is 22.0. The van der Waals surface area contributed by atoms with Crippen LogP contribution in [0.5, 0.6) is 0 Å². The lowest BCUT2D eigenvalue weighted by molar-refractivity contribution is -0.137. The predicted molar refractivity (Wildman–Crippen MR) is 115 cm³/mol. The lowest BCUT2D eigenvalue weighted by Gasteiger charge is -2.31. The summed E-state index contributed by atoms with van der Waals surface area (Å²) in [4.78, 5) is 0. The molecule has 0 N–H and O–H groups in total. The Morgan fingerprint density at radius 1 is 0.655 bits per heavy atom. The van der Waals surface area contributed by atoms with Gasteiger partial charge < -0.3 is 0 Å². The van der Waals surface area contributed by atoms with Crippen molar-refractivity contribution in [1.82, 2.24) is 0 Å². The quantitative estimate of drug-likeness (QED) is 0.252. The molecular formula is C20H24F6P2Si. The first-order chi connectivity index (χ1) is 13.2. The van der Waals surface area contributed by atoms with Gasteiger partial charge in [-0.3, -0.25) is 0 Å². The van der Waals surface area contributed by atoms with Crippen LogP contribution < -0.4 is 10.6 Å². The highest BCUT2D eigenvalue weighted by molar-refractivity contribution is 7.70. The van der Waals surface area contributed by atoms with Crippen LogP contribution in [0.4, 0.5) is 26.3 Å². The molecule has 2 atom stereocenters. The molecule has 0 spiro atoms. The van der Waals surface area contributed by atoms with Crippen molar-refractivity contribution in [2.45, 2.75) is 25.4 Å². The molecule has 0 aliphatic carbocycles. The summed E-state index contributed by atoms with van der Waals surface area (Å²) in [5.74, 6) is 1.30. The van der Waals surface area contributed by atoms with Crippen LogP contribution in [0.25, 0.3) is 0 Å². The fraction of sp³-hybridized carbons (Fsp3) is 0.400. The van der Waals surface area contributed by atoms with Gasteiger partial charge in [0.15, 0.2) is 0 Å². The van der Waals surface area contributed by atoms with Crippen LogP contribution in [-0.4, -0.2) is 33.0 Å². The van der Waals surface area contributed by atoms with Gasteiger partial charge in [-0.05, 0) is 47.6 Å². The van der Waals surface area contributed by atoms with Gasteiger partial charge in [0.25, 0.3) is 0 Å². The highest BCUT2D eigenvalue weighted by atomic mass is 31.1. The van der Waals surface area contributed by atoms with Crippen LogP contribution in [0.15, 0.2) is 48.5 Å². The number of benzene rings is 2. The lowest BCUT2D eigenvalue weighted by atomic mass is 10.2. The zero-order valence-electron chi connectivity index (χ0n) is 16.7. The number of hydrogen-bond donors (Lipinski definition) is 0. The topological polar surface area (TPSA) is 0 Å². The smallest absolute Gasteiger partial charge is 0.166 e. The van der Waals surface area contributed by atoms with E-state index in [0.29, 0.717) is 22.2 Å².